The van der Waals surface area contributed by atoms with Gasteiger partial charge in [-0.1, -0.05) is 27.7 Å². The van der Waals surface area contributed by atoms with Crippen LogP contribution in [-0.4, -0.2) is 59.3 Å². The Morgan fingerprint density at radius 1 is 0.923 bits per heavy atom. The zero-order valence-corrected chi connectivity index (χ0v) is 18.6. The smallest absolute Gasteiger partial charge is 0.186 e. The third-order valence-corrected chi connectivity index (χ3v) is 4.15. The van der Waals surface area contributed by atoms with Crippen molar-refractivity contribution in [3.8, 4) is 0 Å². The molecule has 0 radical (unpaired) electrons. The summed E-state index contributed by atoms with van der Waals surface area (Å²) < 4.78 is 0. The molecule has 0 aromatic carbocycles. The van der Waals surface area contributed by atoms with E-state index in [1.165, 1.54) is 0 Å². The van der Waals surface area contributed by atoms with Gasteiger partial charge in [0.05, 0.1) is 11.4 Å². The number of hydrogen-bond donors (Lipinski definition) is 4. The average molecular weight is 402 g/mol. The van der Waals surface area contributed by atoms with Gasteiger partial charge in [0.2, 0.25) is 0 Å². The fourth-order valence-corrected chi connectivity index (χ4v) is 2.13. The molecule has 0 aliphatic heterocycles. The van der Waals surface area contributed by atoms with Gasteiger partial charge in [0.15, 0.2) is 10.2 Å². The number of nitrogens with zero attached hydrogens (tertiary/aromatic N) is 3. The van der Waals surface area contributed by atoms with Crippen molar-refractivity contribution in [3.05, 3.63) is 0 Å². The van der Waals surface area contributed by atoms with Crippen LogP contribution in [0.15, 0.2) is 10.2 Å². The highest BCUT2D eigenvalue weighted by atomic mass is 32.1. The molecule has 150 valence electrons. The molecule has 0 aromatic rings. The summed E-state index contributed by atoms with van der Waals surface area (Å²) in [7, 11) is 0. The molecule has 7 nitrogen and oxygen atoms in total. The van der Waals surface area contributed by atoms with Crippen LogP contribution >= 0.6 is 24.4 Å². The molecule has 0 spiro atoms. The van der Waals surface area contributed by atoms with Crippen LogP contribution in [0.4, 0.5) is 0 Å². The Morgan fingerprint density at radius 2 is 1.42 bits per heavy atom. The van der Waals surface area contributed by atoms with Gasteiger partial charge in [0, 0.05) is 13.1 Å². The van der Waals surface area contributed by atoms with Gasteiger partial charge in [-0.3, -0.25) is 10.9 Å². The van der Waals surface area contributed by atoms with Gasteiger partial charge in [0.1, 0.15) is 0 Å². The van der Waals surface area contributed by atoms with Gasteiger partial charge in [-0.25, -0.2) is 0 Å². The van der Waals surface area contributed by atoms with Crippen molar-refractivity contribution in [2.75, 3.05) is 32.7 Å². The molecule has 0 aliphatic rings. The summed E-state index contributed by atoms with van der Waals surface area (Å²) >= 11 is 10.4. The Kier molecular flexibility index (Phi) is 14.1. The molecular formula is C17H35N7S2. The lowest BCUT2D eigenvalue weighted by Crippen LogP contribution is -2.36. The van der Waals surface area contributed by atoms with Crippen LogP contribution < -0.4 is 21.5 Å². The van der Waals surface area contributed by atoms with E-state index in [4.69, 9.17) is 24.4 Å². The maximum Gasteiger partial charge on any atom is 0.186 e. The second kappa shape index (κ2) is 14.8. The average Bonchev–Trinajstić information content (AvgIpc) is 2.62. The van der Waals surface area contributed by atoms with Crippen molar-refractivity contribution < 1.29 is 0 Å². The maximum atomic E-state index is 5.23. The van der Waals surface area contributed by atoms with Gasteiger partial charge < -0.3 is 15.5 Å². The van der Waals surface area contributed by atoms with Crippen LogP contribution in [0.2, 0.25) is 0 Å². The Morgan fingerprint density at radius 3 is 1.88 bits per heavy atom. The fourth-order valence-electron chi connectivity index (χ4n) is 1.85. The van der Waals surface area contributed by atoms with Crippen molar-refractivity contribution in [2.24, 2.45) is 16.1 Å². The molecule has 0 aromatic heterocycles. The van der Waals surface area contributed by atoms with E-state index in [1.54, 1.807) is 0 Å². The zero-order valence-electron chi connectivity index (χ0n) is 17.0. The molecule has 0 fully saturated rings. The van der Waals surface area contributed by atoms with E-state index in [1.807, 2.05) is 13.8 Å². The zero-order chi connectivity index (χ0) is 19.9. The molecule has 0 bridgehead atoms. The second-order valence-electron chi connectivity index (χ2n) is 6.36. The summed E-state index contributed by atoms with van der Waals surface area (Å²) in [5.74, 6) is 0.521. The van der Waals surface area contributed by atoms with Gasteiger partial charge in [-0.05, 0) is 70.3 Å². The molecule has 0 unspecified atom stereocenters. The Labute approximate surface area is 169 Å². The molecule has 0 amide bonds. The minimum Gasteiger partial charge on any atom is -0.361 e. The van der Waals surface area contributed by atoms with Crippen molar-refractivity contribution >= 4 is 46.1 Å². The molecule has 0 aliphatic carbocycles. The van der Waals surface area contributed by atoms with Gasteiger partial charge in [0.25, 0.3) is 0 Å². The maximum absolute atomic E-state index is 5.23. The number of hydrazone groups is 2. The lowest BCUT2D eigenvalue weighted by molar-refractivity contribution is 0.300. The van der Waals surface area contributed by atoms with Crippen LogP contribution in [0.3, 0.4) is 0 Å². The lowest BCUT2D eigenvalue weighted by Gasteiger charge is -2.17. The van der Waals surface area contributed by atoms with E-state index in [0.29, 0.717) is 16.1 Å². The van der Waals surface area contributed by atoms with E-state index in [-0.39, 0.29) is 0 Å². The van der Waals surface area contributed by atoms with Crippen LogP contribution in [0, 0.1) is 5.92 Å². The van der Waals surface area contributed by atoms with Gasteiger partial charge in [-0.15, -0.1) is 0 Å². The normalized spacial score (nSPS) is 12.3. The first-order chi connectivity index (χ1) is 12.3. The largest absolute Gasteiger partial charge is 0.361 e. The molecule has 4 N–H and O–H groups in total. The van der Waals surface area contributed by atoms with Crippen LogP contribution in [0.1, 0.15) is 48.0 Å². The monoisotopic (exact) mass is 401 g/mol. The van der Waals surface area contributed by atoms with E-state index in [9.17, 15) is 0 Å². The molecule has 0 saturated carbocycles. The quantitative estimate of drug-likeness (QED) is 0.183. The van der Waals surface area contributed by atoms with E-state index < -0.39 is 0 Å². The van der Waals surface area contributed by atoms with E-state index in [2.05, 4.69) is 64.3 Å². The fraction of sp³-hybridized carbons (Fsp3) is 0.765. The molecule has 26 heavy (non-hydrogen) atoms. The minimum atomic E-state index is 0.504. The van der Waals surface area contributed by atoms with Gasteiger partial charge >= 0.3 is 0 Å². The summed E-state index contributed by atoms with van der Waals surface area (Å²) in [5, 5.41) is 15.7. The summed E-state index contributed by atoms with van der Waals surface area (Å²) in [6.07, 6.45) is 1.04. The molecule has 0 saturated heterocycles. The second-order valence-corrected chi connectivity index (χ2v) is 7.17. The van der Waals surface area contributed by atoms with Crippen LogP contribution in [0.5, 0.6) is 0 Å². The van der Waals surface area contributed by atoms with Crippen molar-refractivity contribution in [1.29, 1.82) is 0 Å². The highest BCUT2D eigenvalue weighted by Gasteiger charge is 2.01. The predicted molar refractivity (Wildman–Crippen MR) is 121 cm³/mol. The first-order valence-electron chi connectivity index (χ1n) is 9.19. The minimum absolute atomic E-state index is 0.504. The molecule has 0 atom stereocenters. The number of hydrogen-bond acceptors (Lipinski definition) is 5. The third kappa shape index (κ3) is 13.0. The first kappa shape index (κ1) is 24.7. The number of nitrogens with one attached hydrogen (secondary N) is 4. The third-order valence-electron chi connectivity index (χ3n) is 3.68. The van der Waals surface area contributed by atoms with Gasteiger partial charge in [-0.2, -0.15) is 10.2 Å². The Bertz CT molecular complexity index is 486. The topological polar surface area (TPSA) is 76.1 Å². The molecule has 0 heterocycles. The van der Waals surface area contributed by atoms with E-state index >= 15 is 0 Å². The summed E-state index contributed by atoms with van der Waals surface area (Å²) in [6.45, 7) is 17.1. The van der Waals surface area contributed by atoms with Crippen LogP contribution in [-0.2, 0) is 0 Å². The van der Waals surface area contributed by atoms with Crippen molar-refractivity contribution in [2.45, 2.75) is 48.0 Å². The highest BCUT2D eigenvalue weighted by molar-refractivity contribution is 7.80. The number of thiocarbonyl (C=S) groups is 2. The summed E-state index contributed by atoms with van der Waals surface area (Å²) in [4.78, 5) is 2.38. The van der Waals surface area contributed by atoms with E-state index in [0.717, 1.165) is 50.6 Å². The number of rotatable bonds is 11. The highest BCUT2D eigenvalue weighted by Crippen LogP contribution is 1.90. The Balaban J connectivity index is 4.14. The SMILES string of the molecule is CCN(CC)CCCNC(=S)N/N=C(C)/C(C)=N/NC(=S)NCC(C)C. The molecular weight excluding hydrogens is 366 g/mol. The standard InChI is InChI=1S/C17H35N7S2/c1-7-24(8-2)11-9-10-18-16(25)22-20-14(5)15(6)21-23-17(26)19-12-13(3)4/h13H,7-12H2,1-6H3,(H2,18,22,25)(H2,19,23,26)/b20-14+,21-15+. The summed E-state index contributed by atoms with van der Waals surface area (Å²) in [5.41, 5.74) is 7.13. The lowest BCUT2D eigenvalue weighted by atomic mass is 10.2. The van der Waals surface area contributed by atoms with Crippen molar-refractivity contribution in [1.82, 2.24) is 26.4 Å². The summed E-state index contributed by atoms with van der Waals surface area (Å²) in [6, 6.07) is 0. The Hall–Kier alpha value is -1.32. The molecule has 9 heteroatoms. The molecule has 0 rings (SSSR count). The first-order valence-corrected chi connectivity index (χ1v) is 10.0. The van der Waals surface area contributed by atoms with Crippen LogP contribution in [0.25, 0.3) is 0 Å². The predicted octanol–water partition coefficient (Wildman–Crippen LogP) is 2.05. The van der Waals surface area contributed by atoms with Crippen molar-refractivity contribution in [3.63, 3.8) is 0 Å².